The van der Waals surface area contributed by atoms with Crippen molar-refractivity contribution in [2.45, 2.75) is 13.3 Å². The quantitative estimate of drug-likeness (QED) is 0.387. The van der Waals surface area contributed by atoms with Crippen LogP contribution >= 0.6 is 34.5 Å². The van der Waals surface area contributed by atoms with Crippen LogP contribution in [0.5, 0.6) is 5.75 Å². The van der Waals surface area contributed by atoms with E-state index in [2.05, 4.69) is 20.7 Å². The van der Waals surface area contributed by atoms with Crippen LogP contribution in [0.15, 0.2) is 47.0 Å². The molecule has 0 saturated carbocycles. The molecule has 2 aromatic carbocycles. The SMILES string of the molecule is COc1ccc(Cc2nnc(NC(=O)c3c(-c4c(Cl)cccc4Cl)noc3C)s2)cc1. The molecule has 31 heavy (non-hydrogen) atoms. The molecular formula is C21H16Cl2N4O3S. The number of carbonyl (C=O) groups excluding carboxylic acids is 1. The van der Waals surface area contributed by atoms with Crippen molar-refractivity contribution in [3.05, 3.63) is 74.4 Å². The molecule has 0 aliphatic heterocycles. The summed E-state index contributed by atoms with van der Waals surface area (Å²) in [6, 6.07) is 12.7. The number of carbonyl (C=O) groups is 1. The summed E-state index contributed by atoms with van der Waals surface area (Å²) in [5.74, 6) is 0.691. The highest BCUT2D eigenvalue weighted by Crippen LogP contribution is 2.37. The number of methoxy groups -OCH3 is 1. The number of hydrogen-bond acceptors (Lipinski definition) is 7. The second-order valence-electron chi connectivity index (χ2n) is 6.54. The maximum Gasteiger partial charge on any atom is 0.263 e. The number of anilines is 1. The Balaban J connectivity index is 1.54. The van der Waals surface area contributed by atoms with Crippen LogP contribution < -0.4 is 10.1 Å². The molecule has 0 atom stereocenters. The van der Waals surface area contributed by atoms with Crippen LogP contribution in [-0.4, -0.2) is 28.4 Å². The van der Waals surface area contributed by atoms with Crippen LogP contribution in [0.4, 0.5) is 5.13 Å². The van der Waals surface area contributed by atoms with Gasteiger partial charge in [0.05, 0.1) is 17.2 Å². The maximum absolute atomic E-state index is 13.0. The van der Waals surface area contributed by atoms with E-state index in [-0.39, 0.29) is 11.3 Å². The van der Waals surface area contributed by atoms with Crippen LogP contribution in [0.3, 0.4) is 0 Å². The standard InChI is InChI=1S/C21H16Cl2N4O3S/c1-11-17(19(27-30-11)18-14(22)4-3-5-15(18)23)20(28)24-21-26-25-16(31-21)10-12-6-8-13(29-2)9-7-12/h3-9H,10H2,1-2H3,(H,24,26,28). The minimum atomic E-state index is -0.433. The van der Waals surface area contributed by atoms with Gasteiger partial charge < -0.3 is 9.26 Å². The van der Waals surface area contributed by atoms with Crippen LogP contribution in [0.1, 0.15) is 26.7 Å². The number of aryl methyl sites for hydroxylation is 1. The van der Waals surface area contributed by atoms with E-state index in [9.17, 15) is 4.79 Å². The molecule has 0 radical (unpaired) electrons. The number of rotatable bonds is 6. The molecule has 1 N–H and O–H groups in total. The Morgan fingerprint density at radius 3 is 2.52 bits per heavy atom. The van der Waals surface area contributed by atoms with E-state index in [1.165, 1.54) is 11.3 Å². The average Bonchev–Trinajstić information content (AvgIpc) is 3.34. The Morgan fingerprint density at radius 1 is 1.13 bits per heavy atom. The van der Waals surface area contributed by atoms with E-state index in [1.807, 2.05) is 24.3 Å². The molecule has 0 bridgehead atoms. The summed E-state index contributed by atoms with van der Waals surface area (Å²) in [5.41, 5.74) is 2.00. The van der Waals surface area contributed by atoms with Crippen LogP contribution in [0, 0.1) is 6.92 Å². The summed E-state index contributed by atoms with van der Waals surface area (Å²) >= 11 is 13.9. The van der Waals surface area contributed by atoms with Crippen LogP contribution in [0.25, 0.3) is 11.3 Å². The Kier molecular flexibility index (Phi) is 6.22. The largest absolute Gasteiger partial charge is 0.497 e. The molecule has 0 saturated heterocycles. The average molecular weight is 475 g/mol. The highest BCUT2D eigenvalue weighted by Gasteiger charge is 2.25. The van der Waals surface area contributed by atoms with Crippen molar-refractivity contribution < 1.29 is 14.1 Å². The minimum absolute atomic E-state index is 0.238. The zero-order valence-electron chi connectivity index (χ0n) is 16.5. The van der Waals surface area contributed by atoms with Gasteiger partial charge in [-0.25, -0.2) is 0 Å². The molecule has 10 heteroatoms. The first-order valence-electron chi connectivity index (χ1n) is 9.13. The van der Waals surface area contributed by atoms with Gasteiger partial charge in [0.2, 0.25) is 5.13 Å². The van der Waals surface area contributed by atoms with Gasteiger partial charge in [0.25, 0.3) is 5.91 Å². The second-order valence-corrected chi connectivity index (χ2v) is 8.42. The maximum atomic E-state index is 13.0. The van der Waals surface area contributed by atoms with Gasteiger partial charge in [-0.05, 0) is 36.8 Å². The summed E-state index contributed by atoms with van der Waals surface area (Å²) in [4.78, 5) is 13.0. The second kappa shape index (κ2) is 9.05. The molecule has 0 spiro atoms. The fourth-order valence-corrected chi connectivity index (χ4v) is 4.33. The molecular weight excluding hydrogens is 459 g/mol. The highest BCUT2D eigenvalue weighted by atomic mass is 35.5. The first-order valence-corrected chi connectivity index (χ1v) is 10.7. The first-order chi connectivity index (χ1) is 15.0. The summed E-state index contributed by atoms with van der Waals surface area (Å²) < 4.78 is 10.4. The number of nitrogens with zero attached hydrogens (tertiary/aromatic N) is 3. The third-order valence-corrected chi connectivity index (χ3v) is 5.96. The van der Waals surface area contributed by atoms with Crippen molar-refractivity contribution in [2.24, 2.45) is 0 Å². The van der Waals surface area contributed by atoms with Gasteiger partial charge in [0.1, 0.15) is 27.8 Å². The molecule has 2 aromatic heterocycles. The lowest BCUT2D eigenvalue weighted by atomic mass is 10.1. The Bertz CT molecular complexity index is 1220. The van der Waals surface area contributed by atoms with E-state index < -0.39 is 5.91 Å². The molecule has 2 heterocycles. The fourth-order valence-electron chi connectivity index (χ4n) is 2.99. The molecule has 4 rings (SSSR count). The fraction of sp³-hybridized carbons (Fsp3) is 0.143. The van der Waals surface area contributed by atoms with E-state index in [1.54, 1.807) is 32.2 Å². The predicted octanol–water partition coefficient (Wildman–Crippen LogP) is 5.66. The normalized spacial score (nSPS) is 10.8. The molecule has 158 valence electrons. The van der Waals surface area contributed by atoms with E-state index in [4.69, 9.17) is 32.5 Å². The molecule has 0 unspecified atom stereocenters. The number of nitrogens with one attached hydrogen (secondary N) is 1. The van der Waals surface area contributed by atoms with Crippen molar-refractivity contribution in [1.29, 1.82) is 0 Å². The number of amides is 1. The Hall–Kier alpha value is -2.94. The zero-order chi connectivity index (χ0) is 22.0. The lowest BCUT2D eigenvalue weighted by Gasteiger charge is -2.06. The molecule has 7 nitrogen and oxygen atoms in total. The van der Waals surface area contributed by atoms with E-state index in [0.29, 0.717) is 32.9 Å². The molecule has 0 fully saturated rings. The highest BCUT2D eigenvalue weighted by molar-refractivity contribution is 7.15. The van der Waals surface area contributed by atoms with Gasteiger partial charge in [0, 0.05) is 12.0 Å². The van der Waals surface area contributed by atoms with Gasteiger partial charge >= 0.3 is 0 Å². The number of halogens is 2. The van der Waals surface area contributed by atoms with E-state index in [0.717, 1.165) is 16.3 Å². The number of hydrogen-bond donors (Lipinski definition) is 1. The van der Waals surface area contributed by atoms with Crippen molar-refractivity contribution in [3.8, 4) is 17.0 Å². The third kappa shape index (κ3) is 4.56. The number of benzene rings is 2. The monoisotopic (exact) mass is 474 g/mol. The van der Waals surface area contributed by atoms with Crippen LogP contribution in [-0.2, 0) is 6.42 Å². The molecule has 0 aliphatic carbocycles. The van der Waals surface area contributed by atoms with Gasteiger partial charge in [-0.3, -0.25) is 10.1 Å². The van der Waals surface area contributed by atoms with Crippen molar-refractivity contribution in [2.75, 3.05) is 12.4 Å². The van der Waals surface area contributed by atoms with Gasteiger partial charge in [-0.2, -0.15) is 0 Å². The smallest absolute Gasteiger partial charge is 0.263 e. The lowest BCUT2D eigenvalue weighted by Crippen LogP contribution is -2.13. The predicted molar refractivity (Wildman–Crippen MR) is 120 cm³/mol. The number of ether oxygens (including phenoxy) is 1. The van der Waals surface area contributed by atoms with Crippen molar-refractivity contribution in [1.82, 2.24) is 15.4 Å². The summed E-state index contributed by atoms with van der Waals surface area (Å²) in [6.07, 6.45) is 0.588. The molecule has 1 amide bonds. The van der Waals surface area contributed by atoms with Crippen LogP contribution in [0.2, 0.25) is 10.0 Å². The summed E-state index contributed by atoms with van der Waals surface area (Å²) in [6.45, 7) is 1.64. The minimum Gasteiger partial charge on any atom is -0.497 e. The number of aromatic nitrogens is 3. The Labute approximate surface area is 192 Å². The van der Waals surface area contributed by atoms with Gasteiger partial charge in [-0.15, -0.1) is 10.2 Å². The molecule has 4 aromatic rings. The summed E-state index contributed by atoms with van der Waals surface area (Å²) in [5, 5.41) is 16.9. The van der Waals surface area contributed by atoms with Gasteiger partial charge in [-0.1, -0.05) is 57.9 Å². The lowest BCUT2D eigenvalue weighted by molar-refractivity contribution is 0.102. The van der Waals surface area contributed by atoms with Gasteiger partial charge in [0.15, 0.2) is 0 Å². The third-order valence-electron chi connectivity index (χ3n) is 4.49. The topological polar surface area (TPSA) is 90.1 Å². The van der Waals surface area contributed by atoms with Crippen molar-refractivity contribution >= 4 is 45.6 Å². The molecule has 0 aliphatic rings. The van der Waals surface area contributed by atoms with Crippen molar-refractivity contribution in [3.63, 3.8) is 0 Å². The Morgan fingerprint density at radius 2 is 1.84 bits per heavy atom. The zero-order valence-corrected chi connectivity index (χ0v) is 18.8. The summed E-state index contributed by atoms with van der Waals surface area (Å²) in [7, 11) is 1.62. The first kappa shape index (κ1) is 21.3. The van der Waals surface area contributed by atoms with E-state index >= 15 is 0 Å².